The number of hydrogen-bond donors (Lipinski definition) is 3. The van der Waals surface area contributed by atoms with Crippen LogP contribution in [-0.4, -0.2) is 28.1 Å². The van der Waals surface area contributed by atoms with E-state index in [-0.39, 0.29) is 17.9 Å². The second-order valence-electron chi connectivity index (χ2n) is 5.44. The molecule has 1 saturated carbocycles. The lowest BCUT2D eigenvalue weighted by atomic mass is 10.1. The fourth-order valence-corrected chi connectivity index (χ4v) is 1.99. The number of nitrogens with zero attached hydrogens (tertiary/aromatic N) is 2. The predicted octanol–water partition coefficient (Wildman–Crippen LogP) is 2.71. The minimum absolute atomic E-state index is 0.000886. The van der Waals surface area contributed by atoms with Gasteiger partial charge in [-0.2, -0.15) is 0 Å². The Morgan fingerprint density at radius 1 is 1.09 bits per heavy atom. The average Bonchev–Trinajstić information content (AvgIpc) is 3.33. The van der Waals surface area contributed by atoms with Gasteiger partial charge in [-0.3, -0.25) is 10.1 Å². The second kappa shape index (κ2) is 6.43. The van der Waals surface area contributed by atoms with Crippen molar-refractivity contribution in [3.8, 4) is 0 Å². The molecular formula is C16H17N5O2. The Labute approximate surface area is 133 Å². The summed E-state index contributed by atoms with van der Waals surface area (Å²) in [6, 6.07) is 10.5. The summed E-state index contributed by atoms with van der Waals surface area (Å²) in [5, 5.41) is 16.5. The first-order chi connectivity index (χ1) is 11.1. The smallest absolute Gasteiger partial charge is 0.320 e. The molecule has 7 heteroatoms. The van der Waals surface area contributed by atoms with E-state index in [1.165, 1.54) is 6.92 Å². The van der Waals surface area contributed by atoms with Crippen molar-refractivity contribution in [2.24, 2.45) is 0 Å². The van der Waals surface area contributed by atoms with Crippen molar-refractivity contribution in [1.82, 2.24) is 15.5 Å². The summed E-state index contributed by atoms with van der Waals surface area (Å²) >= 11 is 0. The molecule has 2 aromatic rings. The molecule has 0 unspecified atom stereocenters. The van der Waals surface area contributed by atoms with E-state index in [1.807, 2.05) is 6.07 Å². The van der Waals surface area contributed by atoms with Crippen LogP contribution in [0.4, 0.5) is 22.1 Å². The van der Waals surface area contributed by atoms with Gasteiger partial charge in [0.25, 0.3) is 0 Å². The molecule has 0 spiro atoms. The Balaban J connectivity index is 1.61. The zero-order valence-corrected chi connectivity index (χ0v) is 12.7. The topological polar surface area (TPSA) is 96.0 Å². The normalized spacial score (nSPS) is 13.3. The van der Waals surface area contributed by atoms with Crippen molar-refractivity contribution in [2.75, 3.05) is 10.6 Å². The maximum absolute atomic E-state index is 11.6. The zero-order valence-electron chi connectivity index (χ0n) is 12.7. The van der Waals surface area contributed by atoms with Gasteiger partial charge in [0.1, 0.15) is 0 Å². The van der Waals surface area contributed by atoms with Gasteiger partial charge in [0.2, 0.25) is 0 Å². The minimum atomic E-state index is -0.267. The molecule has 1 aliphatic carbocycles. The Kier molecular flexibility index (Phi) is 4.18. The van der Waals surface area contributed by atoms with Crippen molar-refractivity contribution in [3.05, 3.63) is 42.0 Å². The van der Waals surface area contributed by atoms with Crippen LogP contribution in [0.25, 0.3) is 0 Å². The number of rotatable bonds is 5. The van der Waals surface area contributed by atoms with Crippen molar-refractivity contribution in [1.29, 1.82) is 0 Å². The highest BCUT2D eigenvalue weighted by Gasteiger charge is 2.23. The Hall–Kier alpha value is -2.96. The minimum Gasteiger partial charge on any atom is -0.339 e. The number of aromatic nitrogens is 2. The van der Waals surface area contributed by atoms with Gasteiger partial charge in [-0.05, 0) is 44.0 Å². The van der Waals surface area contributed by atoms with E-state index in [4.69, 9.17) is 0 Å². The van der Waals surface area contributed by atoms with Gasteiger partial charge in [0, 0.05) is 17.3 Å². The summed E-state index contributed by atoms with van der Waals surface area (Å²) < 4.78 is 0. The van der Waals surface area contributed by atoms with E-state index >= 15 is 0 Å². The van der Waals surface area contributed by atoms with Gasteiger partial charge in [-0.25, -0.2) is 4.79 Å². The van der Waals surface area contributed by atoms with E-state index in [0.717, 1.165) is 18.5 Å². The van der Waals surface area contributed by atoms with Crippen LogP contribution in [-0.2, 0) is 0 Å². The van der Waals surface area contributed by atoms with E-state index in [9.17, 15) is 9.59 Å². The maximum Gasteiger partial charge on any atom is 0.320 e. The van der Waals surface area contributed by atoms with Crippen LogP contribution in [0.3, 0.4) is 0 Å². The maximum atomic E-state index is 11.6. The van der Waals surface area contributed by atoms with Crippen LogP contribution in [0.15, 0.2) is 36.4 Å². The number of hydrogen-bond acceptors (Lipinski definition) is 5. The largest absolute Gasteiger partial charge is 0.339 e. The quantitative estimate of drug-likeness (QED) is 0.738. The average molecular weight is 311 g/mol. The summed E-state index contributed by atoms with van der Waals surface area (Å²) in [6.45, 7) is 1.52. The molecule has 2 amide bonds. The van der Waals surface area contributed by atoms with E-state index in [1.54, 1.807) is 30.3 Å². The lowest BCUT2D eigenvalue weighted by molar-refractivity contribution is 0.101. The number of Topliss-reactive ketones (excluding diaryl/α,β-unsaturated/α-hetero) is 1. The summed E-state index contributed by atoms with van der Waals surface area (Å²) in [5.41, 5.74) is 1.37. The highest BCUT2D eigenvalue weighted by atomic mass is 16.2. The van der Waals surface area contributed by atoms with E-state index < -0.39 is 0 Å². The lowest BCUT2D eigenvalue weighted by Crippen LogP contribution is -2.30. The third-order valence-electron chi connectivity index (χ3n) is 3.36. The molecule has 3 N–H and O–H groups in total. The molecule has 1 heterocycles. The summed E-state index contributed by atoms with van der Waals surface area (Å²) in [4.78, 5) is 23.0. The third-order valence-corrected chi connectivity index (χ3v) is 3.36. The van der Waals surface area contributed by atoms with Gasteiger partial charge in [-0.1, -0.05) is 12.1 Å². The highest BCUT2D eigenvalue weighted by Crippen LogP contribution is 2.19. The predicted molar refractivity (Wildman–Crippen MR) is 86.9 cm³/mol. The third kappa shape index (κ3) is 4.26. The van der Waals surface area contributed by atoms with Crippen LogP contribution < -0.4 is 16.0 Å². The molecule has 0 aliphatic heterocycles. The first-order valence-corrected chi connectivity index (χ1v) is 7.39. The SMILES string of the molecule is CC(=O)c1cccc(Nc2ccc(NC(=O)NC3CC3)nn2)c1. The number of benzene rings is 1. The number of amides is 2. The molecule has 0 radical (unpaired) electrons. The number of nitrogens with one attached hydrogen (secondary N) is 3. The molecule has 0 saturated heterocycles. The van der Waals surface area contributed by atoms with Crippen molar-refractivity contribution in [2.45, 2.75) is 25.8 Å². The van der Waals surface area contributed by atoms with Gasteiger partial charge in [-0.15, -0.1) is 10.2 Å². The Morgan fingerprint density at radius 2 is 1.83 bits per heavy atom. The molecule has 3 rings (SSSR count). The lowest BCUT2D eigenvalue weighted by Gasteiger charge is -2.08. The van der Waals surface area contributed by atoms with Crippen LogP contribution in [0.5, 0.6) is 0 Å². The number of carbonyl (C=O) groups is 2. The van der Waals surface area contributed by atoms with Crippen molar-refractivity contribution >= 4 is 29.1 Å². The molecule has 1 aromatic carbocycles. The van der Waals surface area contributed by atoms with Gasteiger partial charge in [0.05, 0.1) is 0 Å². The van der Waals surface area contributed by atoms with Crippen LogP contribution in [0, 0.1) is 0 Å². The molecule has 1 fully saturated rings. The molecule has 1 aliphatic rings. The highest BCUT2D eigenvalue weighted by molar-refractivity contribution is 5.95. The van der Waals surface area contributed by atoms with E-state index in [0.29, 0.717) is 17.2 Å². The molecule has 0 atom stereocenters. The van der Waals surface area contributed by atoms with Gasteiger partial charge < -0.3 is 10.6 Å². The summed E-state index contributed by atoms with van der Waals surface area (Å²) in [7, 11) is 0. The monoisotopic (exact) mass is 311 g/mol. The number of anilines is 3. The van der Waals surface area contributed by atoms with Gasteiger partial charge in [0.15, 0.2) is 17.4 Å². The molecule has 0 bridgehead atoms. The van der Waals surface area contributed by atoms with Crippen LogP contribution >= 0.6 is 0 Å². The first kappa shape index (κ1) is 15.0. The number of urea groups is 1. The summed E-state index contributed by atoms with van der Waals surface area (Å²) in [6.07, 6.45) is 2.06. The Bertz CT molecular complexity index is 726. The van der Waals surface area contributed by atoms with Crippen molar-refractivity contribution < 1.29 is 9.59 Å². The molecule has 118 valence electrons. The first-order valence-electron chi connectivity index (χ1n) is 7.39. The van der Waals surface area contributed by atoms with E-state index in [2.05, 4.69) is 26.1 Å². The molecular weight excluding hydrogens is 294 g/mol. The van der Waals surface area contributed by atoms with Crippen LogP contribution in [0.2, 0.25) is 0 Å². The standard InChI is InChI=1S/C16H17N5O2/c1-10(22)11-3-2-4-13(9-11)17-14-7-8-15(21-20-14)19-16(23)18-12-5-6-12/h2-4,7-9,12H,5-6H2,1H3,(H,17,20)(H2,18,19,21,23). The fraction of sp³-hybridized carbons (Fsp3) is 0.250. The molecule has 7 nitrogen and oxygen atoms in total. The Morgan fingerprint density at radius 3 is 2.48 bits per heavy atom. The summed E-state index contributed by atoms with van der Waals surface area (Å²) in [5.74, 6) is 0.908. The molecule has 23 heavy (non-hydrogen) atoms. The fourth-order valence-electron chi connectivity index (χ4n) is 1.99. The van der Waals surface area contributed by atoms with Gasteiger partial charge >= 0.3 is 6.03 Å². The van der Waals surface area contributed by atoms with Crippen LogP contribution in [0.1, 0.15) is 30.1 Å². The second-order valence-corrected chi connectivity index (χ2v) is 5.44. The number of carbonyl (C=O) groups excluding carboxylic acids is 2. The van der Waals surface area contributed by atoms with Crippen molar-refractivity contribution in [3.63, 3.8) is 0 Å². The number of ketones is 1. The zero-order chi connectivity index (χ0) is 16.2. The molecule has 1 aromatic heterocycles.